The van der Waals surface area contributed by atoms with Crippen molar-refractivity contribution in [3.63, 3.8) is 0 Å². The molecule has 0 saturated carbocycles. The highest BCUT2D eigenvalue weighted by molar-refractivity contribution is 7.91. The molecule has 0 unspecified atom stereocenters. The molecule has 3 rings (SSSR count). The number of hydrogen-bond donors (Lipinski definition) is 0. The number of aryl methyl sites for hydroxylation is 3. The fraction of sp³-hybridized carbons (Fsp3) is 0.273. The average molecular weight is 415 g/mol. The van der Waals surface area contributed by atoms with Crippen LogP contribution in [0.25, 0.3) is 11.5 Å². The molecular formula is C22H22FNO4S. The van der Waals surface area contributed by atoms with Gasteiger partial charge in [-0.25, -0.2) is 17.8 Å². The van der Waals surface area contributed by atoms with Gasteiger partial charge in [0.05, 0.1) is 11.4 Å². The van der Waals surface area contributed by atoms with Crippen molar-refractivity contribution in [2.45, 2.75) is 32.9 Å². The van der Waals surface area contributed by atoms with Crippen LogP contribution in [0.2, 0.25) is 0 Å². The van der Waals surface area contributed by atoms with Crippen molar-refractivity contribution in [2.24, 2.45) is 0 Å². The molecule has 0 spiro atoms. The molecule has 1 aromatic heterocycles. The van der Waals surface area contributed by atoms with Crippen LogP contribution < -0.4 is 0 Å². The molecule has 1 heterocycles. The first-order chi connectivity index (χ1) is 13.6. The van der Waals surface area contributed by atoms with Gasteiger partial charge in [-0.15, -0.1) is 0 Å². The number of Topliss-reactive ketones (excluding diaryl/α,β-unsaturated/α-hetero) is 1. The molecule has 0 amide bonds. The summed E-state index contributed by atoms with van der Waals surface area (Å²) in [5.74, 6) is -1.04. The lowest BCUT2D eigenvalue weighted by molar-refractivity contribution is -0.116. The van der Waals surface area contributed by atoms with E-state index in [2.05, 4.69) is 4.98 Å². The quantitative estimate of drug-likeness (QED) is 0.580. The first kappa shape index (κ1) is 20.9. The van der Waals surface area contributed by atoms with E-state index in [0.29, 0.717) is 28.5 Å². The second-order valence-electron chi connectivity index (χ2n) is 7.16. The van der Waals surface area contributed by atoms with Crippen LogP contribution in [-0.2, 0) is 26.8 Å². The van der Waals surface area contributed by atoms with E-state index in [0.717, 1.165) is 11.1 Å². The number of hydrogen-bond acceptors (Lipinski definition) is 5. The number of sulfone groups is 1. The maximum atomic E-state index is 13.2. The molecule has 3 aromatic rings. The summed E-state index contributed by atoms with van der Waals surface area (Å²) < 4.78 is 43.9. The van der Waals surface area contributed by atoms with E-state index in [1.54, 1.807) is 13.8 Å². The Morgan fingerprint density at radius 1 is 1.07 bits per heavy atom. The van der Waals surface area contributed by atoms with E-state index in [1.807, 2.05) is 31.2 Å². The molecule has 0 N–H and O–H groups in total. The number of ketones is 1. The minimum atomic E-state index is -3.72. The minimum absolute atomic E-state index is 0.0579. The smallest absolute Gasteiger partial charge is 0.226 e. The van der Waals surface area contributed by atoms with Crippen molar-refractivity contribution in [3.8, 4) is 11.5 Å². The SMILES string of the molecule is Cc1cc(F)ccc1CC(=O)CS(=O)(=O)Cc1nc(-c2ccccc2C)oc1C. The number of oxazole rings is 1. The summed E-state index contributed by atoms with van der Waals surface area (Å²) in [5.41, 5.74) is 3.29. The standard InChI is InChI=1S/C22H22FNO4S/c1-14-6-4-5-7-20(14)22-24-21(16(3)28-22)13-29(26,27)12-19(25)11-17-8-9-18(23)10-15(17)2/h4-10H,11-13H2,1-3H3. The van der Waals surface area contributed by atoms with Gasteiger partial charge in [-0.05, 0) is 55.7 Å². The molecule has 0 aliphatic rings. The largest absolute Gasteiger partial charge is 0.441 e. The number of carbonyl (C=O) groups excluding carboxylic acids is 1. The monoisotopic (exact) mass is 415 g/mol. The van der Waals surface area contributed by atoms with Crippen molar-refractivity contribution in [3.05, 3.63) is 76.4 Å². The van der Waals surface area contributed by atoms with Crippen LogP contribution in [0.5, 0.6) is 0 Å². The predicted octanol–water partition coefficient (Wildman–Crippen LogP) is 4.13. The van der Waals surface area contributed by atoms with Gasteiger partial charge in [0.2, 0.25) is 5.89 Å². The van der Waals surface area contributed by atoms with E-state index in [-0.39, 0.29) is 12.2 Å². The second kappa shape index (κ2) is 8.29. The highest BCUT2D eigenvalue weighted by Gasteiger charge is 2.23. The van der Waals surface area contributed by atoms with E-state index in [9.17, 15) is 17.6 Å². The first-order valence-electron chi connectivity index (χ1n) is 9.14. The lowest BCUT2D eigenvalue weighted by atomic mass is 10.0. The number of aromatic nitrogens is 1. The van der Waals surface area contributed by atoms with Gasteiger partial charge in [-0.2, -0.15) is 0 Å². The van der Waals surface area contributed by atoms with Crippen LogP contribution in [0.1, 0.15) is 28.1 Å². The molecule has 7 heteroatoms. The van der Waals surface area contributed by atoms with Gasteiger partial charge in [0, 0.05) is 12.0 Å². The third-order valence-electron chi connectivity index (χ3n) is 4.70. The van der Waals surface area contributed by atoms with Crippen molar-refractivity contribution in [1.29, 1.82) is 0 Å². The molecule has 0 saturated heterocycles. The second-order valence-corrected chi connectivity index (χ2v) is 9.22. The highest BCUT2D eigenvalue weighted by Crippen LogP contribution is 2.25. The summed E-state index contributed by atoms with van der Waals surface area (Å²) in [4.78, 5) is 16.6. The molecule has 0 fully saturated rings. The molecule has 2 aromatic carbocycles. The Labute approximate surface area is 169 Å². The number of benzene rings is 2. The number of nitrogens with zero attached hydrogens (tertiary/aromatic N) is 1. The Kier molecular flexibility index (Phi) is 5.98. The van der Waals surface area contributed by atoms with Crippen LogP contribution in [0.4, 0.5) is 4.39 Å². The summed E-state index contributed by atoms with van der Waals surface area (Å²) in [7, 11) is -3.72. The number of halogens is 1. The van der Waals surface area contributed by atoms with Gasteiger partial charge < -0.3 is 4.42 Å². The zero-order chi connectivity index (χ0) is 21.2. The Balaban J connectivity index is 1.72. The van der Waals surface area contributed by atoms with E-state index in [1.165, 1.54) is 18.2 Å². The van der Waals surface area contributed by atoms with Crippen molar-refractivity contribution in [1.82, 2.24) is 4.98 Å². The molecule has 5 nitrogen and oxygen atoms in total. The van der Waals surface area contributed by atoms with Gasteiger partial charge >= 0.3 is 0 Å². The maximum absolute atomic E-state index is 13.2. The third kappa shape index (κ3) is 5.17. The van der Waals surface area contributed by atoms with Crippen LogP contribution in [-0.4, -0.2) is 24.9 Å². The minimum Gasteiger partial charge on any atom is -0.441 e. The topological polar surface area (TPSA) is 77.2 Å². The molecule has 0 aliphatic heterocycles. The number of carbonyl (C=O) groups is 1. The Bertz CT molecular complexity index is 1170. The van der Waals surface area contributed by atoms with Crippen LogP contribution >= 0.6 is 0 Å². The molecule has 29 heavy (non-hydrogen) atoms. The van der Waals surface area contributed by atoms with E-state index >= 15 is 0 Å². The number of rotatable bonds is 7. The first-order valence-corrected chi connectivity index (χ1v) is 11.0. The fourth-order valence-electron chi connectivity index (χ4n) is 3.12. The Hall–Kier alpha value is -2.80. The lowest BCUT2D eigenvalue weighted by Crippen LogP contribution is -2.20. The van der Waals surface area contributed by atoms with E-state index < -0.39 is 27.2 Å². The third-order valence-corrected chi connectivity index (χ3v) is 6.17. The average Bonchev–Trinajstić information content (AvgIpc) is 2.97. The summed E-state index contributed by atoms with van der Waals surface area (Å²) in [6, 6.07) is 11.6. The van der Waals surface area contributed by atoms with Crippen LogP contribution in [0.15, 0.2) is 46.9 Å². The normalized spacial score (nSPS) is 11.6. The van der Waals surface area contributed by atoms with Crippen molar-refractivity contribution < 1.29 is 22.0 Å². The highest BCUT2D eigenvalue weighted by atomic mass is 32.2. The summed E-state index contributed by atoms with van der Waals surface area (Å²) in [6.07, 6.45) is -0.0579. The van der Waals surface area contributed by atoms with Gasteiger partial charge in [-0.1, -0.05) is 24.3 Å². The van der Waals surface area contributed by atoms with E-state index in [4.69, 9.17) is 4.42 Å². The zero-order valence-electron chi connectivity index (χ0n) is 16.5. The van der Waals surface area contributed by atoms with Crippen molar-refractivity contribution in [2.75, 3.05) is 5.75 Å². The van der Waals surface area contributed by atoms with Gasteiger partial charge in [0.1, 0.15) is 17.3 Å². The fourth-order valence-corrected chi connectivity index (χ4v) is 4.49. The molecule has 0 bridgehead atoms. The molecule has 152 valence electrons. The maximum Gasteiger partial charge on any atom is 0.226 e. The van der Waals surface area contributed by atoms with Crippen LogP contribution in [0, 0.1) is 26.6 Å². The van der Waals surface area contributed by atoms with Crippen molar-refractivity contribution >= 4 is 15.6 Å². The van der Waals surface area contributed by atoms with Gasteiger partial charge in [0.15, 0.2) is 15.6 Å². The predicted molar refractivity (Wildman–Crippen MR) is 109 cm³/mol. The summed E-state index contributed by atoms with van der Waals surface area (Å²) >= 11 is 0. The molecule has 0 atom stereocenters. The summed E-state index contributed by atoms with van der Waals surface area (Å²) in [5, 5.41) is 0. The van der Waals surface area contributed by atoms with Gasteiger partial charge in [-0.3, -0.25) is 4.79 Å². The molecular weight excluding hydrogens is 393 g/mol. The van der Waals surface area contributed by atoms with Crippen LogP contribution in [0.3, 0.4) is 0 Å². The molecule has 0 aliphatic carbocycles. The Morgan fingerprint density at radius 3 is 2.48 bits per heavy atom. The lowest BCUT2D eigenvalue weighted by Gasteiger charge is -2.06. The van der Waals surface area contributed by atoms with Gasteiger partial charge in [0.25, 0.3) is 0 Å². The summed E-state index contributed by atoms with van der Waals surface area (Å²) in [6.45, 7) is 5.26. The Morgan fingerprint density at radius 2 is 1.79 bits per heavy atom. The zero-order valence-corrected chi connectivity index (χ0v) is 17.3. The molecule has 0 radical (unpaired) electrons.